The maximum atomic E-state index is 12.0. The summed E-state index contributed by atoms with van der Waals surface area (Å²) >= 11 is 0. The van der Waals surface area contributed by atoms with Gasteiger partial charge in [-0.05, 0) is 12.1 Å². The molecule has 0 heterocycles. The molecule has 0 bridgehead atoms. The number of esters is 1. The molecule has 0 radical (unpaired) electrons. The monoisotopic (exact) mass is 282 g/mol. The molecule has 6 nitrogen and oxygen atoms in total. The zero-order valence-corrected chi connectivity index (χ0v) is 11.2. The summed E-state index contributed by atoms with van der Waals surface area (Å²) in [5.74, 6) is 4.59. The van der Waals surface area contributed by atoms with E-state index in [9.17, 15) is 13.2 Å². The zero-order chi connectivity index (χ0) is 14.3. The minimum absolute atomic E-state index is 0.000136. The Morgan fingerprint density at radius 3 is 2.74 bits per heavy atom. The molecule has 0 unspecified atom stereocenters. The number of nitrogens with two attached hydrogens (primary N) is 1. The molecule has 0 saturated carbocycles. The number of carbonyl (C=O) groups excluding carboxylic acids is 1. The van der Waals surface area contributed by atoms with Crippen LogP contribution in [0.3, 0.4) is 0 Å². The predicted octanol–water partition coefficient (Wildman–Crippen LogP) is -0.552. The lowest BCUT2D eigenvalue weighted by molar-refractivity contribution is -0.139. The highest BCUT2D eigenvalue weighted by molar-refractivity contribution is 7.89. The van der Waals surface area contributed by atoms with E-state index in [1.165, 1.54) is 13.2 Å². The minimum atomic E-state index is -3.82. The zero-order valence-electron chi connectivity index (χ0n) is 10.3. The number of hydrogen-bond donors (Lipinski definition) is 2. The van der Waals surface area contributed by atoms with E-state index in [1.807, 2.05) is 0 Å². The van der Waals surface area contributed by atoms with Gasteiger partial charge in [-0.1, -0.05) is 24.0 Å². The molecule has 7 heteroatoms. The Bertz CT molecular complexity index is 614. The largest absolute Gasteiger partial charge is 0.468 e. The van der Waals surface area contributed by atoms with Crippen molar-refractivity contribution in [2.75, 3.05) is 20.2 Å². The molecule has 0 amide bonds. The van der Waals surface area contributed by atoms with Crippen LogP contribution < -0.4 is 10.5 Å². The standard InChI is InChI=1S/C12H14N2O4S/c1-18-12(15)9-14-19(16,17)11-7-3-2-5-10(11)6-4-8-13/h2-3,5,7,14H,8-9,13H2,1H3. The Morgan fingerprint density at radius 2 is 2.11 bits per heavy atom. The van der Waals surface area contributed by atoms with Crippen LogP contribution in [0, 0.1) is 11.8 Å². The second-order valence-corrected chi connectivity index (χ2v) is 5.14. The van der Waals surface area contributed by atoms with E-state index in [0.717, 1.165) is 0 Å². The van der Waals surface area contributed by atoms with Crippen molar-refractivity contribution >= 4 is 16.0 Å². The molecular weight excluding hydrogens is 268 g/mol. The Hall–Kier alpha value is -1.88. The summed E-state index contributed by atoms with van der Waals surface area (Å²) in [6.07, 6.45) is 0. The first-order chi connectivity index (χ1) is 9.01. The van der Waals surface area contributed by atoms with Gasteiger partial charge >= 0.3 is 5.97 Å². The summed E-state index contributed by atoms with van der Waals surface area (Å²) in [4.78, 5) is 11.0. The van der Waals surface area contributed by atoms with Crippen molar-refractivity contribution in [3.63, 3.8) is 0 Å². The third-order valence-electron chi connectivity index (χ3n) is 2.14. The summed E-state index contributed by atoms with van der Waals surface area (Å²) in [5, 5.41) is 0. The van der Waals surface area contributed by atoms with Gasteiger partial charge in [0.15, 0.2) is 0 Å². The second kappa shape index (κ2) is 6.89. The van der Waals surface area contributed by atoms with E-state index >= 15 is 0 Å². The van der Waals surface area contributed by atoms with Gasteiger partial charge in [0.05, 0.1) is 18.6 Å². The molecule has 19 heavy (non-hydrogen) atoms. The van der Waals surface area contributed by atoms with Gasteiger partial charge in [0, 0.05) is 5.56 Å². The average Bonchev–Trinajstić information content (AvgIpc) is 2.42. The molecular formula is C12H14N2O4S. The van der Waals surface area contributed by atoms with Crippen LogP contribution in [-0.2, 0) is 19.6 Å². The number of benzene rings is 1. The minimum Gasteiger partial charge on any atom is -0.468 e. The number of nitrogens with one attached hydrogen (secondary N) is 1. The summed E-state index contributed by atoms with van der Waals surface area (Å²) in [7, 11) is -2.64. The quantitative estimate of drug-likeness (QED) is 0.570. The lowest BCUT2D eigenvalue weighted by atomic mass is 10.2. The molecule has 0 fully saturated rings. The highest BCUT2D eigenvalue weighted by Crippen LogP contribution is 2.13. The molecule has 0 aliphatic rings. The fourth-order valence-electron chi connectivity index (χ4n) is 1.25. The van der Waals surface area contributed by atoms with E-state index in [2.05, 4.69) is 21.3 Å². The SMILES string of the molecule is COC(=O)CNS(=O)(=O)c1ccccc1C#CCN. The smallest absolute Gasteiger partial charge is 0.320 e. The molecule has 1 aromatic rings. The van der Waals surface area contributed by atoms with Gasteiger partial charge in [-0.2, -0.15) is 4.72 Å². The number of methoxy groups -OCH3 is 1. The number of carbonyl (C=O) groups is 1. The first kappa shape index (κ1) is 15.2. The van der Waals surface area contributed by atoms with Crippen molar-refractivity contribution in [3.8, 4) is 11.8 Å². The van der Waals surface area contributed by atoms with Gasteiger partial charge in [-0.15, -0.1) is 0 Å². The fourth-order valence-corrected chi connectivity index (χ4v) is 2.38. The van der Waals surface area contributed by atoms with Gasteiger partial charge < -0.3 is 10.5 Å². The molecule has 0 aliphatic carbocycles. The molecule has 0 spiro atoms. The normalized spacial score (nSPS) is 10.4. The van der Waals surface area contributed by atoms with Crippen molar-refractivity contribution < 1.29 is 17.9 Å². The van der Waals surface area contributed by atoms with Gasteiger partial charge in [0.1, 0.15) is 6.54 Å². The maximum absolute atomic E-state index is 12.0. The summed E-state index contributed by atoms with van der Waals surface area (Å²) in [6, 6.07) is 6.20. The lowest BCUT2D eigenvalue weighted by Crippen LogP contribution is -2.30. The van der Waals surface area contributed by atoms with Crippen LogP contribution in [0.1, 0.15) is 5.56 Å². The summed E-state index contributed by atoms with van der Waals surface area (Å²) in [6.45, 7) is -0.304. The molecule has 1 aromatic carbocycles. The van der Waals surface area contributed by atoms with Crippen LogP contribution >= 0.6 is 0 Å². The van der Waals surface area contributed by atoms with E-state index in [0.29, 0.717) is 5.56 Å². The molecule has 1 rings (SSSR count). The van der Waals surface area contributed by atoms with Crippen molar-refractivity contribution in [1.82, 2.24) is 4.72 Å². The van der Waals surface area contributed by atoms with Crippen LogP contribution in [0.25, 0.3) is 0 Å². The molecule has 0 saturated heterocycles. The molecule has 102 valence electrons. The summed E-state index contributed by atoms with van der Waals surface area (Å²) < 4.78 is 30.5. The first-order valence-electron chi connectivity index (χ1n) is 5.35. The van der Waals surface area contributed by atoms with Crippen LogP contribution in [0.4, 0.5) is 0 Å². The fraction of sp³-hybridized carbons (Fsp3) is 0.250. The van der Waals surface area contributed by atoms with Gasteiger partial charge in [-0.3, -0.25) is 4.79 Å². The maximum Gasteiger partial charge on any atom is 0.320 e. The highest BCUT2D eigenvalue weighted by Gasteiger charge is 2.18. The number of hydrogen-bond acceptors (Lipinski definition) is 5. The Morgan fingerprint density at radius 1 is 1.42 bits per heavy atom. The van der Waals surface area contributed by atoms with Gasteiger partial charge in [0.2, 0.25) is 10.0 Å². The topological polar surface area (TPSA) is 98.5 Å². The molecule has 0 aliphatic heterocycles. The Kier molecular flexibility index (Phi) is 5.51. The van der Waals surface area contributed by atoms with Gasteiger partial charge in [0.25, 0.3) is 0 Å². The van der Waals surface area contributed by atoms with E-state index in [1.54, 1.807) is 18.2 Å². The van der Waals surface area contributed by atoms with E-state index < -0.39 is 22.5 Å². The second-order valence-electron chi connectivity index (χ2n) is 3.40. The first-order valence-corrected chi connectivity index (χ1v) is 6.84. The Labute approximate surface area is 112 Å². The van der Waals surface area contributed by atoms with Crippen LogP contribution in [-0.4, -0.2) is 34.6 Å². The van der Waals surface area contributed by atoms with Gasteiger partial charge in [-0.25, -0.2) is 8.42 Å². The molecule has 3 N–H and O–H groups in total. The molecule has 0 atom stereocenters. The number of sulfonamides is 1. The van der Waals surface area contributed by atoms with E-state index in [4.69, 9.17) is 5.73 Å². The van der Waals surface area contributed by atoms with Crippen LogP contribution in [0.2, 0.25) is 0 Å². The number of ether oxygens (including phenoxy) is 1. The summed E-state index contributed by atoms with van der Waals surface area (Å²) in [5.41, 5.74) is 5.58. The molecule has 0 aromatic heterocycles. The highest BCUT2D eigenvalue weighted by atomic mass is 32.2. The van der Waals surface area contributed by atoms with Crippen LogP contribution in [0.5, 0.6) is 0 Å². The number of rotatable bonds is 4. The van der Waals surface area contributed by atoms with Crippen molar-refractivity contribution in [2.45, 2.75) is 4.90 Å². The van der Waals surface area contributed by atoms with Crippen LogP contribution in [0.15, 0.2) is 29.2 Å². The third kappa shape index (κ3) is 4.37. The van der Waals surface area contributed by atoms with Crippen molar-refractivity contribution in [1.29, 1.82) is 0 Å². The third-order valence-corrected chi connectivity index (χ3v) is 3.60. The van der Waals surface area contributed by atoms with Crippen molar-refractivity contribution in [3.05, 3.63) is 29.8 Å². The average molecular weight is 282 g/mol. The van der Waals surface area contributed by atoms with E-state index in [-0.39, 0.29) is 11.4 Å². The lowest BCUT2D eigenvalue weighted by Gasteiger charge is -2.07. The Balaban J connectivity index is 3.04. The predicted molar refractivity (Wildman–Crippen MR) is 69.6 cm³/mol. The van der Waals surface area contributed by atoms with Crippen molar-refractivity contribution in [2.24, 2.45) is 5.73 Å².